The average Bonchev–Trinajstić information content (AvgIpc) is 2.57. The number of alkyl halides is 3. The number of hydrogen-bond donors (Lipinski definition) is 1. The van der Waals surface area contributed by atoms with E-state index in [2.05, 4.69) is 4.74 Å². The standard InChI is InChI=1S/C16H18F3NO5S/c17-16(18,19)15(23)25-13(21)6-3-11-1-4-12(5-2-11)26-14(22)7-9-24-10-8-20/h1-2,4-5H,3,6-10,20H2. The summed E-state index contributed by atoms with van der Waals surface area (Å²) < 4.78 is 44.7. The van der Waals surface area contributed by atoms with Crippen molar-refractivity contribution in [3.05, 3.63) is 29.8 Å². The fraction of sp³-hybridized carbons (Fsp3) is 0.438. The van der Waals surface area contributed by atoms with E-state index in [1.165, 1.54) is 0 Å². The number of rotatable bonds is 9. The molecule has 0 amide bonds. The SMILES string of the molecule is NCCOCCC(=O)Sc1ccc(CCC(=O)OC(=O)C(F)(F)F)cc1. The van der Waals surface area contributed by atoms with Crippen molar-refractivity contribution in [2.75, 3.05) is 19.8 Å². The smallest absolute Gasteiger partial charge is 0.386 e. The minimum atomic E-state index is -5.20. The maximum Gasteiger partial charge on any atom is 0.491 e. The van der Waals surface area contributed by atoms with E-state index in [1.807, 2.05) is 0 Å². The molecule has 0 heterocycles. The van der Waals surface area contributed by atoms with Crippen LogP contribution in [0.15, 0.2) is 29.2 Å². The number of thioether (sulfide) groups is 1. The van der Waals surface area contributed by atoms with Gasteiger partial charge in [-0.3, -0.25) is 9.59 Å². The second-order valence-electron chi connectivity index (χ2n) is 5.03. The van der Waals surface area contributed by atoms with Gasteiger partial charge in [-0.05, 0) is 24.1 Å². The first-order chi connectivity index (χ1) is 12.2. The Hall–Kier alpha value is -1.91. The first-order valence-corrected chi connectivity index (χ1v) is 8.43. The molecule has 1 aromatic carbocycles. The van der Waals surface area contributed by atoms with Crippen LogP contribution in [0, 0.1) is 0 Å². The molecule has 10 heteroatoms. The van der Waals surface area contributed by atoms with Gasteiger partial charge in [0.05, 0.1) is 19.6 Å². The third-order valence-corrected chi connectivity index (χ3v) is 3.86. The van der Waals surface area contributed by atoms with Crippen LogP contribution < -0.4 is 5.73 Å². The highest BCUT2D eigenvalue weighted by atomic mass is 32.2. The zero-order chi connectivity index (χ0) is 19.6. The molecule has 0 aliphatic rings. The van der Waals surface area contributed by atoms with E-state index in [4.69, 9.17) is 10.5 Å². The van der Waals surface area contributed by atoms with Gasteiger partial charge in [0.25, 0.3) is 0 Å². The van der Waals surface area contributed by atoms with E-state index >= 15 is 0 Å². The van der Waals surface area contributed by atoms with Crippen molar-refractivity contribution in [1.29, 1.82) is 0 Å². The third-order valence-electron chi connectivity index (χ3n) is 2.92. The number of nitrogens with two attached hydrogens (primary N) is 1. The van der Waals surface area contributed by atoms with E-state index in [-0.39, 0.29) is 24.4 Å². The molecule has 6 nitrogen and oxygen atoms in total. The summed E-state index contributed by atoms with van der Waals surface area (Å²) in [4.78, 5) is 34.2. The fourth-order valence-electron chi connectivity index (χ4n) is 1.71. The summed E-state index contributed by atoms with van der Waals surface area (Å²) in [5.41, 5.74) is 5.92. The van der Waals surface area contributed by atoms with Crippen molar-refractivity contribution in [3.63, 3.8) is 0 Å². The highest BCUT2D eigenvalue weighted by Crippen LogP contribution is 2.21. The molecular weight excluding hydrogens is 375 g/mol. The molecular formula is C16H18F3NO5S. The third kappa shape index (κ3) is 8.97. The topological polar surface area (TPSA) is 95.7 Å². The van der Waals surface area contributed by atoms with Crippen molar-refractivity contribution in [2.24, 2.45) is 5.73 Å². The number of aryl methyl sites for hydroxylation is 1. The summed E-state index contributed by atoms with van der Waals surface area (Å²) in [6.45, 7) is 1.07. The second kappa shape index (κ2) is 10.9. The lowest BCUT2D eigenvalue weighted by atomic mass is 10.1. The van der Waals surface area contributed by atoms with Crippen molar-refractivity contribution in [3.8, 4) is 0 Å². The minimum absolute atomic E-state index is 0.0796. The van der Waals surface area contributed by atoms with Crippen LogP contribution in [0.2, 0.25) is 0 Å². The Balaban J connectivity index is 2.37. The van der Waals surface area contributed by atoms with Gasteiger partial charge in [-0.25, -0.2) is 4.79 Å². The van der Waals surface area contributed by atoms with Crippen LogP contribution in [0.3, 0.4) is 0 Å². The molecule has 0 spiro atoms. The normalized spacial score (nSPS) is 11.2. The molecule has 0 fully saturated rings. The lowest BCUT2D eigenvalue weighted by Crippen LogP contribution is -2.28. The van der Waals surface area contributed by atoms with Gasteiger partial charge in [-0.1, -0.05) is 23.9 Å². The van der Waals surface area contributed by atoms with Gasteiger partial charge in [0, 0.05) is 17.9 Å². The number of ether oxygens (including phenoxy) is 2. The van der Waals surface area contributed by atoms with Crippen LogP contribution in [0.5, 0.6) is 0 Å². The van der Waals surface area contributed by atoms with Gasteiger partial charge in [-0.15, -0.1) is 0 Å². The van der Waals surface area contributed by atoms with Crippen LogP contribution in [0.4, 0.5) is 13.2 Å². The van der Waals surface area contributed by atoms with Gasteiger partial charge >= 0.3 is 18.1 Å². The van der Waals surface area contributed by atoms with E-state index in [9.17, 15) is 27.6 Å². The lowest BCUT2D eigenvalue weighted by Gasteiger charge is -2.06. The van der Waals surface area contributed by atoms with Crippen LogP contribution in [-0.2, 0) is 30.3 Å². The monoisotopic (exact) mass is 393 g/mol. The number of benzene rings is 1. The maximum atomic E-state index is 12.0. The van der Waals surface area contributed by atoms with E-state index in [0.29, 0.717) is 30.2 Å². The molecule has 144 valence electrons. The van der Waals surface area contributed by atoms with Crippen molar-refractivity contribution in [2.45, 2.75) is 30.3 Å². The van der Waals surface area contributed by atoms with Gasteiger partial charge in [0.2, 0.25) is 0 Å². The predicted octanol–water partition coefficient (Wildman–Crippen LogP) is 2.24. The summed E-state index contributed by atoms with van der Waals surface area (Å²) in [6, 6.07) is 6.59. The fourth-order valence-corrected chi connectivity index (χ4v) is 2.43. The van der Waals surface area contributed by atoms with Crippen molar-refractivity contribution >= 4 is 28.8 Å². The molecule has 0 unspecified atom stereocenters. The molecule has 1 aromatic rings. The van der Waals surface area contributed by atoms with Gasteiger partial charge in [0.15, 0.2) is 5.12 Å². The van der Waals surface area contributed by atoms with E-state index < -0.39 is 18.1 Å². The molecule has 0 aliphatic heterocycles. The van der Waals surface area contributed by atoms with E-state index in [1.54, 1.807) is 24.3 Å². The molecule has 0 atom stereocenters. The summed E-state index contributed by atoms with van der Waals surface area (Å²) in [5.74, 6) is -3.78. The van der Waals surface area contributed by atoms with Gasteiger partial charge < -0.3 is 15.2 Å². The number of esters is 2. The highest BCUT2D eigenvalue weighted by Gasteiger charge is 2.42. The van der Waals surface area contributed by atoms with E-state index in [0.717, 1.165) is 11.8 Å². The number of hydrogen-bond acceptors (Lipinski definition) is 7. The molecule has 0 aliphatic carbocycles. The molecule has 0 bridgehead atoms. The molecule has 0 saturated heterocycles. The van der Waals surface area contributed by atoms with Gasteiger partial charge in [-0.2, -0.15) is 13.2 Å². The van der Waals surface area contributed by atoms with Crippen molar-refractivity contribution < 1.29 is 37.0 Å². The number of carbonyl (C=O) groups excluding carboxylic acids is 3. The molecule has 0 saturated carbocycles. The minimum Gasteiger partial charge on any atom is -0.386 e. The first kappa shape index (κ1) is 22.1. The highest BCUT2D eigenvalue weighted by molar-refractivity contribution is 8.13. The van der Waals surface area contributed by atoms with Crippen LogP contribution >= 0.6 is 11.8 Å². The molecule has 26 heavy (non-hydrogen) atoms. The Morgan fingerprint density at radius 2 is 1.69 bits per heavy atom. The first-order valence-electron chi connectivity index (χ1n) is 7.61. The molecule has 0 aromatic heterocycles. The lowest BCUT2D eigenvalue weighted by molar-refractivity contribution is -0.201. The zero-order valence-electron chi connectivity index (χ0n) is 13.7. The average molecular weight is 393 g/mol. The van der Waals surface area contributed by atoms with Crippen LogP contribution in [0.1, 0.15) is 18.4 Å². The van der Waals surface area contributed by atoms with Crippen LogP contribution in [0.25, 0.3) is 0 Å². The summed E-state index contributed by atoms with van der Waals surface area (Å²) in [5, 5.41) is -0.0796. The zero-order valence-corrected chi connectivity index (χ0v) is 14.5. The Kier molecular flexibility index (Phi) is 9.31. The summed E-state index contributed by atoms with van der Waals surface area (Å²) >= 11 is 1.03. The Morgan fingerprint density at radius 1 is 1.04 bits per heavy atom. The van der Waals surface area contributed by atoms with Gasteiger partial charge in [0.1, 0.15) is 0 Å². The summed E-state index contributed by atoms with van der Waals surface area (Å²) in [6.07, 6.45) is -5.22. The van der Waals surface area contributed by atoms with Crippen LogP contribution in [-0.4, -0.2) is 43.0 Å². The summed E-state index contributed by atoms with van der Waals surface area (Å²) in [7, 11) is 0. The Morgan fingerprint density at radius 3 is 2.27 bits per heavy atom. The Bertz CT molecular complexity index is 619. The molecule has 1 rings (SSSR count). The largest absolute Gasteiger partial charge is 0.491 e. The quantitative estimate of drug-likeness (QED) is 0.297. The van der Waals surface area contributed by atoms with Crippen molar-refractivity contribution in [1.82, 2.24) is 0 Å². The molecule has 2 N–H and O–H groups in total. The maximum absolute atomic E-state index is 12.0. The Labute approximate surface area is 152 Å². The predicted molar refractivity (Wildman–Crippen MR) is 87.3 cm³/mol. The number of carbonyl (C=O) groups is 3. The molecule has 0 radical (unpaired) electrons. The number of halogens is 3. The second-order valence-corrected chi connectivity index (χ2v) is 6.16.